The number of carbonyl (C=O) groups excluding carboxylic acids is 1. The fourth-order valence-electron chi connectivity index (χ4n) is 1.58. The van der Waals surface area contributed by atoms with E-state index in [1.165, 1.54) is 11.8 Å². The van der Waals surface area contributed by atoms with E-state index in [2.05, 4.69) is 5.32 Å². The molecule has 2 N–H and O–H groups in total. The number of nitrogens with one attached hydrogen (secondary N) is 1. The van der Waals surface area contributed by atoms with E-state index < -0.39 is 0 Å². The number of phenolic OH excluding ortho intramolecular Hbond substituents is 1. The number of hydrogen-bond acceptors (Lipinski definition) is 3. The van der Waals surface area contributed by atoms with E-state index in [0.29, 0.717) is 17.3 Å². The zero-order valence-corrected chi connectivity index (χ0v) is 12.2. The lowest BCUT2D eigenvalue weighted by molar-refractivity contribution is -0.118. The fourth-order valence-corrected chi connectivity index (χ4v) is 2.48. The van der Waals surface area contributed by atoms with Crippen LogP contribution in [-0.2, 0) is 11.3 Å². The summed E-state index contributed by atoms with van der Waals surface area (Å²) < 4.78 is 0. The van der Waals surface area contributed by atoms with Crippen LogP contribution in [0.3, 0.4) is 0 Å². The first-order valence-corrected chi connectivity index (χ1v) is 7.43. The molecule has 0 unspecified atom stereocenters. The Morgan fingerprint density at radius 1 is 1.20 bits per heavy atom. The van der Waals surface area contributed by atoms with Crippen LogP contribution in [0.15, 0.2) is 53.4 Å². The van der Waals surface area contributed by atoms with Gasteiger partial charge in [0.25, 0.3) is 0 Å². The van der Waals surface area contributed by atoms with Crippen LogP contribution in [0, 0.1) is 0 Å². The Hall–Kier alpha value is -1.65. The average molecular weight is 308 g/mol. The Bertz CT molecular complexity index is 587. The maximum absolute atomic E-state index is 11.7. The van der Waals surface area contributed by atoms with Crippen LogP contribution in [0.1, 0.15) is 5.56 Å². The van der Waals surface area contributed by atoms with Crippen LogP contribution in [0.4, 0.5) is 0 Å². The molecule has 3 nitrogen and oxygen atoms in total. The fraction of sp³-hybridized carbons (Fsp3) is 0.133. The molecule has 2 aromatic carbocycles. The minimum absolute atomic E-state index is 0.0479. The van der Waals surface area contributed by atoms with Gasteiger partial charge in [0, 0.05) is 16.5 Å². The predicted octanol–water partition coefficient (Wildman–Crippen LogP) is 3.45. The maximum atomic E-state index is 11.7. The van der Waals surface area contributed by atoms with Gasteiger partial charge in [-0.25, -0.2) is 0 Å². The second kappa shape index (κ2) is 7.22. The van der Waals surface area contributed by atoms with Crippen molar-refractivity contribution in [2.45, 2.75) is 11.4 Å². The lowest BCUT2D eigenvalue weighted by atomic mass is 10.2. The number of amides is 1. The highest BCUT2D eigenvalue weighted by Crippen LogP contribution is 2.21. The molecule has 5 heteroatoms. The summed E-state index contributed by atoms with van der Waals surface area (Å²) in [6.45, 7) is 0.483. The van der Waals surface area contributed by atoms with Gasteiger partial charge in [-0.15, -0.1) is 11.8 Å². The molecule has 0 heterocycles. The van der Waals surface area contributed by atoms with Crippen LogP contribution < -0.4 is 5.32 Å². The maximum Gasteiger partial charge on any atom is 0.230 e. The van der Waals surface area contributed by atoms with Crippen molar-refractivity contribution in [3.63, 3.8) is 0 Å². The molecular formula is C15H14ClNO2S. The van der Waals surface area contributed by atoms with E-state index >= 15 is 0 Å². The number of hydrogen-bond donors (Lipinski definition) is 2. The van der Waals surface area contributed by atoms with E-state index in [0.717, 1.165) is 10.5 Å². The number of phenols is 1. The van der Waals surface area contributed by atoms with Crippen molar-refractivity contribution in [3.05, 3.63) is 59.1 Å². The quantitative estimate of drug-likeness (QED) is 0.832. The van der Waals surface area contributed by atoms with Gasteiger partial charge in [-0.3, -0.25) is 4.79 Å². The molecule has 0 aromatic heterocycles. The van der Waals surface area contributed by atoms with Crippen molar-refractivity contribution in [1.29, 1.82) is 0 Å². The van der Waals surface area contributed by atoms with Gasteiger partial charge >= 0.3 is 0 Å². The van der Waals surface area contributed by atoms with E-state index in [9.17, 15) is 9.90 Å². The van der Waals surface area contributed by atoms with Gasteiger partial charge in [0.05, 0.1) is 5.75 Å². The first-order chi connectivity index (χ1) is 9.63. The van der Waals surface area contributed by atoms with E-state index in [4.69, 9.17) is 11.6 Å². The molecule has 0 saturated carbocycles. The zero-order chi connectivity index (χ0) is 14.4. The largest absolute Gasteiger partial charge is 0.508 e. The molecule has 0 aliphatic heterocycles. The summed E-state index contributed by atoms with van der Waals surface area (Å²) in [6.07, 6.45) is 0. The van der Waals surface area contributed by atoms with Crippen molar-refractivity contribution in [2.75, 3.05) is 5.75 Å². The van der Waals surface area contributed by atoms with Gasteiger partial charge in [0.15, 0.2) is 0 Å². The minimum atomic E-state index is -0.0479. The van der Waals surface area contributed by atoms with Crippen LogP contribution in [0.25, 0.3) is 0 Å². The Morgan fingerprint density at radius 3 is 2.65 bits per heavy atom. The van der Waals surface area contributed by atoms with E-state index in [-0.39, 0.29) is 11.7 Å². The minimum Gasteiger partial charge on any atom is -0.508 e. The number of benzene rings is 2. The van der Waals surface area contributed by atoms with Crippen molar-refractivity contribution in [2.24, 2.45) is 0 Å². The number of halogens is 1. The predicted molar refractivity (Wildman–Crippen MR) is 82.1 cm³/mol. The molecule has 104 valence electrons. The van der Waals surface area contributed by atoms with Gasteiger partial charge in [0.1, 0.15) is 5.75 Å². The Balaban J connectivity index is 1.77. The molecule has 0 fully saturated rings. The average Bonchev–Trinajstić information content (AvgIpc) is 2.45. The molecule has 0 bridgehead atoms. The third kappa shape index (κ3) is 4.79. The van der Waals surface area contributed by atoms with Gasteiger partial charge in [-0.1, -0.05) is 29.8 Å². The Morgan fingerprint density at radius 2 is 1.95 bits per heavy atom. The Kier molecular flexibility index (Phi) is 5.32. The summed E-state index contributed by atoms with van der Waals surface area (Å²) in [5.74, 6) is 0.474. The Labute approximate surface area is 127 Å². The van der Waals surface area contributed by atoms with E-state index in [1.807, 2.05) is 18.2 Å². The number of carbonyl (C=O) groups is 1. The molecule has 1 amide bonds. The monoisotopic (exact) mass is 307 g/mol. The highest BCUT2D eigenvalue weighted by molar-refractivity contribution is 8.00. The summed E-state index contributed by atoms with van der Waals surface area (Å²) in [6, 6.07) is 14.2. The first kappa shape index (κ1) is 14.8. The summed E-state index contributed by atoms with van der Waals surface area (Å²) in [7, 11) is 0. The van der Waals surface area contributed by atoms with Crippen LogP contribution in [0.2, 0.25) is 5.02 Å². The van der Waals surface area contributed by atoms with Crippen LogP contribution in [0.5, 0.6) is 5.75 Å². The standard InChI is InChI=1S/C15H14ClNO2S/c16-12-6-4-11(5-7-12)9-17-15(19)10-20-14-3-1-2-13(18)8-14/h1-8,18H,9-10H2,(H,17,19). The van der Waals surface area contributed by atoms with Gasteiger partial charge in [-0.05, 0) is 35.9 Å². The number of rotatable bonds is 5. The smallest absolute Gasteiger partial charge is 0.230 e. The summed E-state index contributed by atoms with van der Waals surface area (Å²) in [4.78, 5) is 12.6. The van der Waals surface area contributed by atoms with Crippen molar-refractivity contribution < 1.29 is 9.90 Å². The molecule has 2 rings (SSSR count). The van der Waals surface area contributed by atoms with Crippen molar-refractivity contribution in [3.8, 4) is 5.75 Å². The van der Waals surface area contributed by atoms with E-state index in [1.54, 1.807) is 30.3 Å². The van der Waals surface area contributed by atoms with Gasteiger partial charge < -0.3 is 10.4 Å². The van der Waals surface area contributed by atoms with Gasteiger partial charge in [-0.2, -0.15) is 0 Å². The first-order valence-electron chi connectivity index (χ1n) is 6.06. The number of thioether (sulfide) groups is 1. The molecule has 0 spiro atoms. The third-order valence-corrected chi connectivity index (χ3v) is 3.84. The molecule has 0 atom stereocenters. The summed E-state index contributed by atoms with van der Waals surface area (Å²) >= 11 is 7.18. The summed E-state index contributed by atoms with van der Waals surface area (Å²) in [5, 5.41) is 12.8. The topological polar surface area (TPSA) is 49.3 Å². The molecule has 0 aliphatic rings. The SMILES string of the molecule is O=C(CSc1cccc(O)c1)NCc1ccc(Cl)cc1. The molecule has 20 heavy (non-hydrogen) atoms. The number of aromatic hydroxyl groups is 1. The highest BCUT2D eigenvalue weighted by Gasteiger charge is 2.03. The molecule has 2 aromatic rings. The summed E-state index contributed by atoms with van der Waals surface area (Å²) in [5.41, 5.74) is 1.00. The molecule has 0 aliphatic carbocycles. The van der Waals surface area contributed by atoms with Crippen LogP contribution in [-0.4, -0.2) is 16.8 Å². The highest BCUT2D eigenvalue weighted by atomic mass is 35.5. The normalized spacial score (nSPS) is 10.2. The molecule has 0 radical (unpaired) electrons. The molecular weight excluding hydrogens is 294 g/mol. The van der Waals surface area contributed by atoms with Crippen molar-refractivity contribution in [1.82, 2.24) is 5.32 Å². The second-order valence-corrected chi connectivity index (χ2v) is 5.67. The van der Waals surface area contributed by atoms with Crippen molar-refractivity contribution >= 4 is 29.3 Å². The zero-order valence-electron chi connectivity index (χ0n) is 10.7. The molecule has 0 saturated heterocycles. The lowest BCUT2D eigenvalue weighted by Crippen LogP contribution is -2.24. The van der Waals surface area contributed by atoms with Crippen LogP contribution >= 0.6 is 23.4 Å². The van der Waals surface area contributed by atoms with Gasteiger partial charge in [0.2, 0.25) is 5.91 Å². The lowest BCUT2D eigenvalue weighted by Gasteiger charge is -2.06. The third-order valence-electron chi connectivity index (χ3n) is 2.59. The second-order valence-electron chi connectivity index (χ2n) is 4.19.